The van der Waals surface area contributed by atoms with Crippen LogP contribution in [0.25, 0.3) is 0 Å². The first kappa shape index (κ1) is 27.4. The van der Waals surface area contributed by atoms with Crippen molar-refractivity contribution in [2.75, 3.05) is 44.3 Å². The summed E-state index contributed by atoms with van der Waals surface area (Å²) in [5, 5.41) is 13.0. The number of aliphatic hydroxyl groups excluding tert-OH is 1. The lowest BCUT2D eigenvalue weighted by Gasteiger charge is -2.34. The molecule has 1 amide bonds. The Balaban J connectivity index is 2.51. The second-order valence-electron chi connectivity index (χ2n) is 8.94. The standard InChI is InChI=1S/C23H39N3O6S/c1-16-14-26(17(2)15-27)23(28)20-12-19(25-33(5,29)30)9-10-21(20)32-18(3)8-6-7-11-31-22(16)13-24-4/h9-10,12,16-18,22,24-25,27H,6-8,11,13-15H2,1-5H3/t16-,17+,18+,22+/m0/s1. The van der Waals surface area contributed by atoms with E-state index in [4.69, 9.17) is 9.47 Å². The van der Waals surface area contributed by atoms with Crippen LogP contribution in [0, 0.1) is 5.92 Å². The molecule has 0 bridgehead atoms. The van der Waals surface area contributed by atoms with Crippen molar-refractivity contribution >= 4 is 21.6 Å². The first-order chi connectivity index (χ1) is 15.6. The summed E-state index contributed by atoms with van der Waals surface area (Å²) in [7, 11) is -1.65. The van der Waals surface area contributed by atoms with Crippen LogP contribution >= 0.6 is 0 Å². The minimum absolute atomic E-state index is 0.000963. The molecular weight excluding hydrogens is 446 g/mol. The molecule has 0 aromatic heterocycles. The number of ether oxygens (including phenoxy) is 2. The number of nitrogens with one attached hydrogen (secondary N) is 2. The maximum Gasteiger partial charge on any atom is 0.258 e. The summed E-state index contributed by atoms with van der Waals surface area (Å²) in [6.45, 7) is 7.20. The average Bonchev–Trinajstić information content (AvgIpc) is 2.74. The molecule has 188 valence electrons. The fourth-order valence-corrected chi connectivity index (χ4v) is 4.45. The number of benzene rings is 1. The molecule has 0 fully saturated rings. The Labute approximate surface area is 197 Å². The van der Waals surface area contributed by atoms with E-state index < -0.39 is 16.1 Å². The van der Waals surface area contributed by atoms with Crippen molar-refractivity contribution < 1.29 is 27.8 Å². The number of nitrogens with zero attached hydrogens (tertiary/aromatic N) is 1. The largest absolute Gasteiger partial charge is 0.490 e. The Morgan fingerprint density at radius 3 is 2.64 bits per heavy atom. The van der Waals surface area contributed by atoms with E-state index in [1.54, 1.807) is 24.0 Å². The Morgan fingerprint density at radius 2 is 2.00 bits per heavy atom. The van der Waals surface area contributed by atoms with Gasteiger partial charge in [-0.25, -0.2) is 8.42 Å². The summed E-state index contributed by atoms with van der Waals surface area (Å²) >= 11 is 0. The lowest BCUT2D eigenvalue weighted by Crippen LogP contribution is -2.47. The van der Waals surface area contributed by atoms with E-state index >= 15 is 0 Å². The monoisotopic (exact) mass is 485 g/mol. The molecule has 1 aromatic carbocycles. The van der Waals surface area contributed by atoms with Crippen LogP contribution in [0.2, 0.25) is 0 Å². The van der Waals surface area contributed by atoms with Gasteiger partial charge in [-0.2, -0.15) is 0 Å². The van der Waals surface area contributed by atoms with Crippen molar-refractivity contribution in [2.45, 2.75) is 58.3 Å². The van der Waals surface area contributed by atoms with E-state index in [9.17, 15) is 18.3 Å². The predicted octanol–water partition coefficient (Wildman–Crippen LogP) is 2.07. The number of rotatable bonds is 6. The molecule has 33 heavy (non-hydrogen) atoms. The van der Waals surface area contributed by atoms with Crippen molar-refractivity contribution in [2.24, 2.45) is 5.92 Å². The highest BCUT2D eigenvalue weighted by Crippen LogP contribution is 2.28. The van der Waals surface area contributed by atoms with E-state index in [1.807, 2.05) is 20.9 Å². The number of likely N-dealkylation sites (N-methyl/N-ethyl adjacent to an activating group) is 1. The topological polar surface area (TPSA) is 117 Å². The molecule has 1 aliphatic rings. The van der Waals surface area contributed by atoms with Gasteiger partial charge in [0, 0.05) is 31.3 Å². The van der Waals surface area contributed by atoms with Gasteiger partial charge in [0.15, 0.2) is 0 Å². The van der Waals surface area contributed by atoms with Crippen LogP contribution in [0.3, 0.4) is 0 Å². The van der Waals surface area contributed by atoms with Crippen LogP contribution in [0.4, 0.5) is 5.69 Å². The fraction of sp³-hybridized carbons (Fsp3) is 0.696. The first-order valence-electron chi connectivity index (χ1n) is 11.5. The molecule has 0 saturated heterocycles. The number of carbonyl (C=O) groups is 1. The molecule has 10 heteroatoms. The van der Waals surface area contributed by atoms with Crippen LogP contribution in [0.1, 0.15) is 50.4 Å². The minimum Gasteiger partial charge on any atom is -0.490 e. The zero-order valence-corrected chi connectivity index (χ0v) is 21.2. The summed E-state index contributed by atoms with van der Waals surface area (Å²) in [6.07, 6.45) is 3.45. The third-order valence-corrected chi connectivity index (χ3v) is 6.37. The van der Waals surface area contributed by atoms with Gasteiger partial charge >= 0.3 is 0 Å². The number of anilines is 1. The van der Waals surface area contributed by atoms with Gasteiger partial charge in [0.1, 0.15) is 5.75 Å². The molecular formula is C23H39N3O6S. The SMILES string of the molecule is CNC[C@H]1OCCCC[C@@H](C)Oc2ccc(NS(C)(=O)=O)cc2C(=O)N([C@H](C)CO)C[C@@H]1C. The average molecular weight is 486 g/mol. The summed E-state index contributed by atoms with van der Waals surface area (Å²) in [6, 6.07) is 4.27. The van der Waals surface area contributed by atoms with Crippen molar-refractivity contribution in [3.8, 4) is 5.75 Å². The second-order valence-corrected chi connectivity index (χ2v) is 10.7. The molecule has 1 aliphatic heterocycles. The highest BCUT2D eigenvalue weighted by molar-refractivity contribution is 7.92. The van der Waals surface area contributed by atoms with Crippen LogP contribution in [-0.4, -0.2) is 82.2 Å². The van der Waals surface area contributed by atoms with E-state index in [0.717, 1.165) is 25.5 Å². The molecule has 0 aliphatic carbocycles. The molecule has 0 spiro atoms. The van der Waals surface area contributed by atoms with Gasteiger partial charge < -0.3 is 24.8 Å². The third kappa shape index (κ3) is 8.44. The van der Waals surface area contributed by atoms with Crippen LogP contribution in [0.15, 0.2) is 18.2 Å². The van der Waals surface area contributed by atoms with Crippen LogP contribution in [-0.2, 0) is 14.8 Å². The summed E-state index contributed by atoms with van der Waals surface area (Å²) < 4.78 is 38.2. The first-order valence-corrected chi connectivity index (χ1v) is 13.4. The fourth-order valence-electron chi connectivity index (χ4n) is 3.89. The van der Waals surface area contributed by atoms with Gasteiger partial charge in [-0.3, -0.25) is 9.52 Å². The summed E-state index contributed by atoms with van der Waals surface area (Å²) in [5.41, 5.74) is 0.536. The quantitative estimate of drug-likeness (QED) is 0.565. The molecule has 4 atom stereocenters. The number of sulfonamides is 1. The van der Waals surface area contributed by atoms with Gasteiger partial charge in [-0.05, 0) is 58.4 Å². The summed E-state index contributed by atoms with van der Waals surface area (Å²) in [5.74, 6) is 0.0661. The number of carbonyl (C=O) groups excluding carboxylic acids is 1. The van der Waals surface area contributed by atoms with E-state index in [1.165, 1.54) is 6.07 Å². The normalized spacial score (nSPS) is 24.4. The molecule has 1 heterocycles. The molecule has 0 radical (unpaired) electrons. The smallest absolute Gasteiger partial charge is 0.258 e. The van der Waals surface area contributed by atoms with Gasteiger partial charge in [-0.15, -0.1) is 0 Å². The van der Waals surface area contributed by atoms with Crippen molar-refractivity contribution in [1.29, 1.82) is 0 Å². The van der Waals surface area contributed by atoms with Crippen molar-refractivity contribution in [3.05, 3.63) is 23.8 Å². The van der Waals surface area contributed by atoms with Crippen molar-refractivity contribution in [1.82, 2.24) is 10.2 Å². The zero-order valence-electron chi connectivity index (χ0n) is 20.3. The third-order valence-electron chi connectivity index (χ3n) is 5.76. The van der Waals surface area contributed by atoms with Crippen molar-refractivity contribution in [3.63, 3.8) is 0 Å². The minimum atomic E-state index is -3.52. The Kier molecular flexibility index (Phi) is 10.4. The second kappa shape index (κ2) is 12.5. The molecule has 3 N–H and O–H groups in total. The van der Waals surface area contributed by atoms with E-state index in [-0.39, 0.29) is 41.9 Å². The predicted molar refractivity (Wildman–Crippen MR) is 129 cm³/mol. The van der Waals surface area contributed by atoms with E-state index in [2.05, 4.69) is 10.0 Å². The number of aliphatic hydroxyl groups is 1. The maximum atomic E-state index is 13.7. The van der Waals surface area contributed by atoms with E-state index in [0.29, 0.717) is 25.4 Å². The van der Waals surface area contributed by atoms with Crippen LogP contribution < -0.4 is 14.8 Å². The molecule has 1 aromatic rings. The zero-order chi connectivity index (χ0) is 24.6. The maximum absolute atomic E-state index is 13.7. The lowest BCUT2D eigenvalue weighted by atomic mass is 10.0. The highest BCUT2D eigenvalue weighted by Gasteiger charge is 2.29. The van der Waals surface area contributed by atoms with Gasteiger partial charge in [0.2, 0.25) is 10.0 Å². The van der Waals surface area contributed by atoms with Crippen LogP contribution in [0.5, 0.6) is 5.75 Å². The molecule has 0 unspecified atom stereocenters. The summed E-state index contributed by atoms with van der Waals surface area (Å²) in [4.78, 5) is 15.4. The lowest BCUT2D eigenvalue weighted by molar-refractivity contribution is -0.000450. The Hall–Kier alpha value is -1.88. The van der Waals surface area contributed by atoms with Gasteiger partial charge in [0.25, 0.3) is 5.91 Å². The Bertz CT molecular complexity index is 879. The number of fused-ring (bicyclic) bond motifs is 1. The van der Waals surface area contributed by atoms with Gasteiger partial charge in [-0.1, -0.05) is 6.92 Å². The molecule has 9 nitrogen and oxygen atoms in total. The number of hydrogen-bond acceptors (Lipinski definition) is 7. The Morgan fingerprint density at radius 1 is 1.27 bits per heavy atom. The highest BCUT2D eigenvalue weighted by atomic mass is 32.2. The number of amides is 1. The van der Waals surface area contributed by atoms with Gasteiger partial charge in [0.05, 0.1) is 36.7 Å². The molecule has 2 rings (SSSR count). The molecule has 0 saturated carbocycles. The number of hydrogen-bond donors (Lipinski definition) is 3.